The lowest BCUT2D eigenvalue weighted by Gasteiger charge is -2.39. The molecular formula is C14H17F4N. The van der Waals surface area contributed by atoms with Gasteiger partial charge in [0, 0.05) is 5.54 Å². The van der Waals surface area contributed by atoms with Crippen molar-refractivity contribution < 1.29 is 17.6 Å². The van der Waals surface area contributed by atoms with Crippen molar-refractivity contribution in [1.29, 1.82) is 0 Å². The molecule has 1 saturated carbocycles. The van der Waals surface area contributed by atoms with E-state index in [-0.39, 0.29) is 5.41 Å². The van der Waals surface area contributed by atoms with Gasteiger partial charge in [-0.25, -0.2) is 4.39 Å². The average molecular weight is 275 g/mol. The van der Waals surface area contributed by atoms with E-state index >= 15 is 0 Å². The van der Waals surface area contributed by atoms with E-state index in [9.17, 15) is 17.6 Å². The Labute approximate surface area is 109 Å². The largest absolute Gasteiger partial charge is 0.419 e. The third kappa shape index (κ3) is 2.24. The Morgan fingerprint density at radius 3 is 2.26 bits per heavy atom. The second-order valence-corrected chi connectivity index (χ2v) is 5.90. The van der Waals surface area contributed by atoms with Crippen molar-refractivity contribution in [3.8, 4) is 0 Å². The van der Waals surface area contributed by atoms with Crippen LogP contribution < -0.4 is 5.73 Å². The molecule has 2 rings (SSSR count). The smallest absolute Gasteiger partial charge is 0.321 e. The third-order valence-electron chi connectivity index (χ3n) is 4.37. The maximum absolute atomic E-state index is 13.3. The average Bonchev–Trinajstić information content (AvgIpc) is 2.53. The topological polar surface area (TPSA) is 26.0 Å². The van der Waals surface area contributed by atoms with Crippen LogP contribution in [0.2, 0.25) is 0 Å². The van der Waals surface area contributed by atoms with Gasteiger partial charge in [-0.2, -0.15) is 13.2 Å². The SMILES string of the molecule is CC1(C)CCCC1(N)c1ccc(F)c(C(F)(F)F)c1. The Balaban J connectivity index is 2.53. The molecule has 0 saturated heterocycles. The molecule has 19 heavy (non-hydrogen) atoms. The number of rotatable bonds is 1. The van der Waals surface area contributed by atoms with Gasteiger partial charge in [0.2, 0.25) is 0 Å². The van der Waals surface area contributed by atoms with Gasteiger partial charge in [0.1, 0.15) is 5.82 Å². The van der Waals surface area contributed by atoms with Crippen molar-refractivity contribution >= 4 is 0 Å². The van der Waals surface area contributed by atoms with Crippen molar-refractivity contribution in [2.45, 2.75) is 44.8 Å². The first-order valence-corrected chi connectivity index (χ1v) is 6.24. The van der Waals surface area contributed by atoms with Crippen molar-refractivity contribution in [3.63, 3.8) is 0 Å². The molecule has 2 N–H and O–H groups in total. The highest BCUT2D eigenvalue weighted by atomic mass is 19.4. The first-order valence-electron chi connectivity index (χ1n) is 6.24. The molecule has 106 valence electrons. The number of hydrogen-bond acceptors (Lipinski definition) is 1. The molecule has 1 fully saturated rings. The molecule has 0 aliphatic heterocycles. The number of benzene rings is 1. The number of hydrogen-bond donors (Lipinski definition) is 1. The Kier molecular flexibility index (Phi) is 3.16. The van der Waals surface area contributed by atoms with Crippen LogP contribution in [0.4, 0.5) is 17.6 Å². The van der Waals surface area contributed by atoms with Crippen molar-refractivity contribution in [1.82, 2.24) is 0 Å². The maximum Gasteiger partial charge on any atom is 0.419 e. The second-order valence-electron chi connectivity index (χ2n) is 5.90. The van der Waals surface area contributed by atoms with Gasteiger partial charge in [0.25, 0.3) is 0 Å². The van der Waals surface area contributed by atoms with Crippen LogP contribution in [0.5, 0.6) is 0 Å². The van der Waals surface area contributed by atoms with E-state index in [4.69, 9.17) is 5.73 Å². The molecule has 0 aromatic heterocycles. The summed E-state index contributed by atoms with van der Waals surface area (Å²) in [5, 5.41) is 0. The molecule has 0 bridgehead atoms. The quantitative estimate of drug-likeness (QED) is 0.763. The van der Waals surface area contributed by atoms with Gasteiger partial charge < -0.3 is 5.73 Å². The predicted molar refractivity (Wildman–Crippen MR) is 64.9 cm³/mol. The van der Waals surface area contributed by atoms with Crippen LogP contribution in [0.1, 0.15) is 44.2 Å². The lowest BCUT2D eigenvalue weighted by atomic mass is 9.71. The number of halogens is 4. The zero-order chi connectivity index (χ0) is 14.5. The highest BCUT2D eigenvalue weighted by Gasteiger charge is 2.48. The van der Waals surface area contributed by atoms with E-state index < -0.39 is 23.1 Å². The Bertz CT molecular complexity index is 493. The van der Waals surface area contributed by atoms with Crippen LogP contribution in [-0.4, -0.2) is 0 Å². The van der Waals surface area contributed by atoms with E-state index in [2.05, 4.69) is 0 Å². The van der Waals surface area contributed by atoms with Crippen LogP contribution in [0.3, 0.4) is 0 Å². The number of alkyl halides is 3. The Hall–Kier alpha value is -1.10. The molecule has 0 radical (unpaired) electrons. The monoisotopic (exact) mass is 275 g/mol. The summed E-state index contributed by atoms with van der Waals surface area (Å²) < 4.78 is 51.6. The molecule has 1 aliphatic carbocycles. The minimum atomic E-state index is -4.70. The lowest BCUT2D eigenvalue weighted by molar-refractivity contribution is -0.140. The van der Waals surface area contributed by atoms with Gasteiger partial charge >= 0.3 is 6.18 Å². The molecular weight excluding hydrogens is 258 g/mol. The van der Waals surface area contributed by atoms with Gasteiger partial charge in [-0.3, -0.25) is 0 Å². The van der Waals surface area contributed by atoms with Gasteiger partial charge in [-0.15, -0.1) is 0 Å². The Morgan fingerprint density at radius 1 is 1.16 bits per heavy atom. The minimum Gasteiger partial charge on any atom is -0.321 e. The highest BCUT2D eigenvalue weighted by Crippen LogP contribution is 2.51. The van der Waals surface area contributed by atoms with Gasteiger partial charge in [-0.1, -0.05) is 26.3 Å². The molecule has 1 atom stereocenters. The summed E-state index contributed by atoms with van der Waals surface area (Å²) >= 11 is 0. The van der Waals surface area contributed by atoms with Gasteiger partial charge in [0.15, 0.2) is 0 Å². The van der Waals surface area contributed by atoms with Crippen LogP contribution in [0.25, 0.3) is 0 Å². The zero-order valence-electron chi connectivity index (χ0n) is 10.9. The van der Waals surface area contributed by atoms with Crippen LogP contribution in [-0.2, 0) is 11.7 Å². The molecule has 5 heteroatoms. The summed E-state index contributed by atoms with van der Waals surface area (Å²) in [5.41, 5.74) is 4.33. The summed E-state index contributed by atoms with van der Waals surface area (Å²) in [4.78, 5) is 0. The summed E-state index contributed by atoms with van der Waals surface area (Å²) in [6.45, 7) is 3.88. The summed E-state index contributed by atoms with van der Waals surface area (Å²) in [5.74, 6) is -1.25. The van der Waals surface area contributed by atoms with E-state index in [1.54, 1.807) is 0 Å². The number of nitrogens with two attached hydrogens (primary N) is 1. The van der Waals surface area contributed by atoms with E-state index in [0.717, 1.165) is 25.0 Å². The molecule has 0 heterocycles. The van der Waals surface area contributed by atoms with Crippen LogP contribution >= 0.6 is 0 Å². The molecule has 0 spiro atoms. The van der Waals surface area contributed by atoms with Crippen LogP contribution in [0, 0.1) is 11.2 Å². The van der Waals surface area contributed by atoms with Gasteiger partial charge in [-0.05, 0) is 36.0 Å². The first kappa shape index (κ1) is 14.3. The second kappa shape index (κ2) is 4.20. The molecule has 1 aliphatic rings. The maximum atomic E-state index is 13.3. The Morgan fingerprint density at radius 2 is 1.79 bits per heavy atom. The molecule has 1 unspecified atom stereocenters. The summed E-state index contributed by atoms with van der Waals surface area (Å²) in [6, 6.07) is 3.10. The standard InChI is InChI=1S/C14H17F4N/c1-12(2)6-3-7-13(12,19)9-4-5-11(15)10(8-9)14(16,17)18/h4-5,8H,3,6-7,19H2,1-2H3. The zero-order valence-corrected chi connectivity index (χ0v) is 10.9. The van der Waals surface area contributed by atoms with Crippen molar-refractivity contribution in [2.24, 2.45) is 11.1 Å². The first-order chi connectivity index (χ1) is 8.58. The minimum absolute atomic E-state index is 0.298. The lowest BCUT2D eigenvalue weighted by Crippen LogP contribution is -2.45. The molecule has 0 amide bonds. The third-order valence-corrected chi connectivity index (χ3v) is 4.37. The fraction of sp³-hybridized carbons (Fsp3) is 0.571. The van der Waals surface area contributed by atoms with E-state index in [0.29, 0.717) is 12.0 Å². The molecule has 1 nitrogen and oxygen atoms in total. The van der Waals surface area contributed by atoms with Crippen molar-refractivity contribution in [2.75, 3.05) is 0 Å². The summed E-state index contributed by atoms with van der Waals surface area (Å²) in [7, 11) is 0. The fourth-order valence-electron chi connectivity index (χ4n) is 2.93. The fourth-order valence-corrected chi connectivity index (χ4v) is 2.93. The highest BCUT2D eigenvalue weighted by molar-refractivity contribution is 5.34. The normalized spacial score (nSPS) is 26.7. The van der Waals surface area contributed by atoms with E-state index in [1.165, 1.54) is 6.07 Å². The van der Waals surface area contributed by atoms with E-state index in [1.807, 2.05) is 13.8 Å². The predicted octanol–water partition coefficient (Wildman–Crippen LogP) is 4.21. The van der Waals surface area contributed by atoms with Crippen LogP contribution in [0.15, 0.2) is 18.2 Å². The van der Waals surface area contributed by atoms with Crippen molar-refractivity contribution in [3.05, 3.63) is 35.1 Å². The molecule has 1 aromatic carbocycles. The molecule has 1 aromatic rings. The van der Waals surface area contributed by atoms with Gasteiger partial charge in [0.05, 0.1) is 5.56 Å². The summed E-state index contributed by atoms with van der Waals surface area (Å²) in [6.07, 6.45) is -2.37.